The second-order valence-corrected chi connectivity index (χ2v) is 7.66. The van der Waals surface area contributed by atoms with Gasteiger partial charge in [-0.1, -0.05) is 12.1 Å². The van der Waals surface area contributed by atoms with Crippen molar-refractivity contribution >= 4 is 11.9 Å². The largest absolute Gasteiger partial charge is 0.493 e. The molecule has 30 heavy (non-hydrogen) atoms. The number of rotatable bonds is 5. The molecule has 1 amide bonds. The third kappa shape index (κ3) is 4.31. The van der Waals surface area contributed by atoms with Crippen molar-refractivity contribution in [2.24, 2.45) is 0 Å². The van der Waals surface area contributed by atoms with Gasteiger partial charge in [0.05, 0.1) is 24.5 Å². The number of carbonyl (C=O) groups is 2. The molecule has 1 aromatic carbocycles. The Kier molecular flexibility index (Phi) is 5.99. The number of pyridine rings is 1. The van der Waals surface area contributed by atoms with Gasteiger partial charge in [-0.3, -0.25) is 9.69 Å². The fourth-order valence-corrected chi connectivity index (χ4v) is 3.97. The summed E-state index contributed by atoms with van der Waals surface area (Å²) in [6.45, 7) is 8.40. The number of aromatic nitrogens is 1. The molecule has 1 fully saturated rings. The van der Waals surface area contributed by atoms with E-state index in [0.717, 1.165) is 38.4 Å². The van der Waals surface area contributed by atoms with Gasteiger partial charge in [-0.25, -0.2) is 9.78 Å². The molecule has 0 unspecified atom stereocenters. The summed E-state index contributed by atoms with van der Waals surface area (Å²) >= 11 is 0. The van der Waals surface area contributed by atoms with E-state index in [0.29, 0.717) is 36.6 Å². The van der Waals surface area contributed by atoms with Crippen molar-refractivity contribution < 1.29 is 19.1 Å². The van der Waals surface area contributed by atoms with E-state index in [-0.39, 0.29) is 5.91 Å². The predicted octanol–water partition coefficient (Wildman–Crippen LogP) is 2.46. The van der Waals surface area contributed by atoms with E-state index in [4.69, 9.17) is 9.47 Å². The Balaban J connectivity index is 1.34. The molecule has 1 saturated heterocycles. The molecule has 2 aliphatic rings. The molecular formula is C23H27N3O4. The van der Waals surface area contributed by atoms with Crippen LogP contribution in [0.5, 0.6) is 5.75 Å². The maximum absolute atomic E-state index is 12.9. The van der Waals surface area contributed by atoms with Crippen molar-refractivity contribution in [2.45, 2.75) is 26.8 Å². The Morgan fingerprint density at radius 3 is 2.67 bits per heavy atom. The average molecular weight is 409 g/mol. The third-order valence-electron chi connectivity index (χ3n) is 5.62. The predicted molar refractivity (Wildman–Crippen MR) is 112 cm³/mol. The van der Waals surface area contributed by atoms with E-state index in [9.17, 15) is 9.59 Å². The summed E-state index contributed by atoms with van der Waals surface area (Å²) in [4.78, 5) is 33.3. The Bertz CT molecular complexity index is 951. The van der Waals surface area contributed by atoms with Gasteiger partial charge in [-0.05, 0) is 43.2 Å². The van der Waals surface area contributed by atoms with Crippen LogP contribution in [0, 0.1) is 6.92 Å². The molecule has 2 aliphatic heterocycles. The lowest BCUT2D eigenvalue weighted by molar-refractivity contribution is 0.0522. The lowest BCUT2D eigenvalue weighted by Gasteiger charge is -2.34. The number of ether oxygens (including phenoxy) is 2. The zero-order chi connectivity index (χ0) is 21.1. The van der Waals surface area contributed by atoms with Crippen molar-refractivity contribution in [3.05, 3.63) is 58.4 Å². The van der Waals surface area contributed by atoms with Crippen LogP contribution in [0.2, 0.25) is 0 Å². The number of nitrogens with zero attached hydrogens (tertiary/aromatic N) is 3. The van der Waals surface area contributed by atoms with Crippen LogP contribution in [-0.2, 0) is 17.7 Å². The summed E-state index contributed by atoms with van der Waals surface area (Å²) < 4.78 is 10.6. The number of piperazine rings is 1. The van der Waals surface area contributed by atoms with Gasteiger partial charge >= 0.3 is 5.97 Å². The summed E-state index contributed by atoms with van der Waals surface area (Å²) in [5.41, 5.74) is 3.85. The zero-order valence-corrected chi connectivity index (χ0v) is 17.5. The smallest absolute Gasteiger partial charge is 0.339 e. The van der Waals surface area contributed by atoms with Gasteiger partial charge in [0, 0.05) is 39.1 Å². The first-order chi connectivity index (χ1) is 14.5. The minimum atomic E-state index is -0.409. The number of aryl methyl sites for hydroxylation is 1. The maximum Gasteiger partial charge on any atom is 0.339 e. The van der Waals surface area contributed by atoms with E-state index >= 15 is 0 Å². The summed E-state index contributed by atoms with van der Waals surface area (Å²) in [6.07, 6.45) is 0.979. The van der Waals surface area contributed by atoms with Crippen LogP contribution < -0.4 is 4.74 Å². The summed E-state index contributed by atoms with van der Waals surface area (Å²) in [6, 6.07) is 9.66. The molecule has 0 bridgehead atoms. The summed E-state index contributed by atoms with van der Waals surface area (Å²) in [5.74, 6) is 0.502. The quantitative estimate of drug-likeness (QED) is 0.707. The highest BCUT2D eigenvalue weighted by atomic mass is 16.5. The molecule has 0 spiro atoms. The minimum absolute atomic E-state index is 0.0946. The van der Waals surface area contributed by atoms with Crippen molar-refractivity contribution in [2.75, 3.05) is 39.4 Å². The lowest BCUT2D eigenvalue weighted by atomic mass is 10.1. The molecule has 0 aliphatic carbocycles. The van der Waals surface area contributed by atoms with Gasteiger partial charge in [0.25, 0.3) is 5.91 Å². The van der Waals surface area contributed by atoms with E-state index in [1.165, 1.54) is 11.1 Å². The number of hydrogen-bond donors (Lipinski definition) is 0. The van der Waals surface area contributed by atoms with E-state index in [2.05, 4.69) is 28.1 Å². The van der Waals surface area contributed by atoms with Crippen molar-refractivity contribution in [3.63, 3.8) is 0 Å². The molecule has 3 heterocycles. The topological polar surface area (TPSA) is 72.0 Å². The Hall–Kier alpha value is -2.93. The summed E-state index contributed by atoms with van der Waals surface area (Å²) in [7, 11) is 0. The van der Waals surface area contributed by atoms with Gasteiger partial charge in [0.1, 0.15) is 11.4 Å². The van der Waals surface area contributed by atoms with Gasteiger partial charge in [0.15, 0.2) is 0 Å². The molecule has 7 nitrogen and oxygen atoms in total. The van der Waals surface area contributed by atoms with Crippen LogP contribution in [-0.4, -0.2) is 66.1 Å². The Morgan fingerprint density at radius 2 is 1.93 bits per heavy atom. The third-order valence-corrected chi connectivity index (χ3v) is 5.62. The lowest BCUT2D eigenvalue weighted by Crippen LogP contribution is -2.48. The van der Waals surface area contributed by atoms with Gasteiger partial charge in [-0.2, -0.15) is 0 Å². The second kappa shape index (κ2) is 8.83. The monoisotopic (exact) mass is 409 g/mol. The van der Waals surface area contributed by atoms with Gasteiger partial charge in [0.2, 0.25) is 0 Å². The van der Waals surface area contributed by atoms with Crippen LogP contribution in [0.15, 0.2) is 30.3 Å². The number of benzene rings is 1. The molecule has 0 atom stereocenters. The number of fused-ring (bicyclic) bond motifs is 1. The first-order valence-electron chi connectivity index (χ1n) is 10.5. The molecule has 4 rings (SSSR count). The van der Waals surface area contributed by atoms with Crippen LogP contribution in [0.4, 0.5) is 0 Å². The van der Waals surface area contributed by atoms with Crippen molar-refractivity contribution in [1.82, 2.24) is 14.8 Å². The maximum atomic E-state index is 12.9. The molecule has 0 radical (unpaired) electrons. The molecule has 0 saturated carbocycles. The fraction of sp³-hybridized carbons (Fsp3) is 0.435. The van der Waals surface area contributed by atoms with Crippen LogP contribution in [0.25, 0.3) is 0 Å². The second-order valence-electron chi connectivity index (χ2n) is 7.66. The van der Waals surface area contributed by atoms with Crippen molar-refractivity contribution in [1.29, 1.82) is 0 Å². The molecule has 7 heteroatoms. The van der Waals surface area contributed by atoms with Gasteiger partial charge < -0.3 is 14.4 Å². The Labute approximate surface area is 176 Å². The normalized spacial score (nSPS) is 16.1. The Morgan fingerprint density at radius 1 is 1.13 bits per heavy atom. The van der Waals surface area contributed by atoms with Gasteiger partial charge in [-0.15, -0.1) is 0 Å². The molecule has 0 N–H and O–H groups in total. The number of amides is 1. The van der Waals surface area contributed by atoms with E-state index in [1.54, 1.807) is 26.0 Å². The SMILES string of the molecule is CCOC(=O)c1ccc(C(=O)N2CCN(Cc3ccc4c(c3)CCO4)CC2)nc1C. The standard InChI is InChI=1S/C23H27N3O4/c1-3-29-23(28)19-5-6-20(24-16(19)2)22(27)26-11-9-25(10-12-26)15-17-4-7-21-18(14-17)8-13-30-21/h4-7,14H,3,8-13,15H2,1-2H3. The fourth-order valence-electron chi connectivity index (χ4n) is 3.97. The first kappa shape index (κ1) is 20.3. The van der Waals surface area contributed by atoms with E-state index in [1.807, 2.05) is 4.90 Å². The molecular weight excluding hydrogens is 382 g/mol. The average Bonchev–Trinajstić information content (AvgIpc) is 3.22. The highest BCUT2D eigenvalue weighted by molar-refractivity contribution is 5.95. The summed E-state index contributed by atoms with van der Waals surface area (Å²) in [5, 5.41) is 0. The first-order valence-corrected chi connectivity index (χ1v) is 10.5. The number of esters is 1. The molecule has 2 aromatic rings. The number of hydrogen-bond acceptors (Lipinski definition) is 6. The van der Waals surface area contributed by atoms with Crippen molar-refractivity contribution in [3.8, 4) is 5.75 Å². The zero-order valence-electron chi connectivity index (χ0n) is 17.5. The molecule has 158 valence electrons. The number of carbonyl (C=O) groups excluding carboxylic acids is 2. The molecule has 1 aromatic heterocycles. The van der Waals surface area contributed by atoms with Crippen LogP contribution in [0.3, 0.4) is 0 Å². The van der Waals surface area contributed by atoms with Crippen LogP contribution >= 0.6 is 0 Å². The minimum Gasteiger partial charge on any atom is -0.493 e. The highest BCUT2D eigenvalue weighted by Crippen LogP contribution is 2.26. The van der Waals surface area contributed by atoms with E-state index < -0.39 is 5.97 Å². The van der Waals surface area contributed by atoms with Crippen LogP contribution in [0.1, 0.15) is 44.6 Å². The highest BCUT2D eigenvalue weighted by Gasteiger charge is 2.24.